The van der Waals surface area contributed by atoms with Crippen LogP contribution in [0.1, 0.15) is 0 Å². The van der Waals surface area contributed by atoms with Crippen LogP contribution in [-0.2, 0) is 0 Å². The van der Waals surface area contributed by atoms with E-state index in [1.165, 1.54) is 0 Å². The van der Waals surface area contributed by atoms with E-state index in [1.807, 2.05) is 30.3 Å². The van der Waals surface area contributed by atoms with Crippen LogP contribution in [-0.4, -0.2) is 0 Å². The van der Waals surface area contributed by atoms with E-state index in [4.69, 9.17) is 13.3 Å². The van der Waals surface area contributed by atoms with Gasteiger partial charge in [-0.25, -0.2) is 0 Å². The molecule has 0 aliphatic heterocycles. The number of furan rings is 3. The Hall–Kier alpha value is -7.04. The first-order valence-electron chi connectivity index (χ1n) is 17.5. The number of anilines is 3. The number of nitrogens with zero attached hydrogens (tertiary/aromatic N) is 1. The van der Waals surface area contributed by atoms with Gasteiger partial charge in [0.15, 0.2) is 5.58 Å². The SMILES string of the molecule is c1ccc(N(c2ccccc2)c2cccc3c2oc2cc(-c4ccc5c(c4)oc4cccc(-c6cccc7oc8ccccc8c67)c45)ccc23)cc1. The lowest BCUT2D eigenvalue weighted by Gasteiger charge is -2.25. The summed E-state index contributed by atoms with van der Waals surface area (Å²) in [6, 6.07) is 61.1. The molecule has 244 valence electrons. The zero-order valence-electron chi connectivity index (χ0n) is 27.9. The van der Waals surface area contributed by atoms with E-state index in [0.29, 0.717) is 0 Å². The van der Waals surface area contributed by atoms with E-state index in [2.05, 4.69) is 150 Å². The second kappa shape index (κ2) is 11.2. The molecule has 0 spiro atoms. The molecule has 0 fully saturated rings. The smallest absolute Gasteiger partial charge is 0.159 e. The molecular formula is C48H29NO3. The van der Waals surface area contributed by atoms with Crippen molar-refractivity contribution in [2.75, 3.05) is 4.90 Å². The number of rotatable bonds is 5. The third kappa shape index (κ3) is 4.34. The Labute approximate surface area is 298 Å². The fourth-order valence-corrected chi connectivity index (χ4v) is 7.95. The maximum absolute atomic E-state index is 6.76. The minimum Gasteiger partial charge on any atom is -0.456 e. The fraction of sp³-hybridized carbons (Fsp3) is 0. The molecular weight excluding hydrogens is 639 g/mol. The minimum absolute atomic E-state index is 0.841. The molecule has 4 nitrogen and oxygen atoms in total. The van der Waals surface area contributed by atoms with Crippen molar-refractivity contribution in [2.45, 2.75) is 0 Å². The van der Waals surface area contributed by atoms with E-state index in [0.717, 1.165) is 105 Å². The highest BCUT2D eigenvalue weighted by atomic mass is 16.3. The molecule has 0 unspecified atom stereocenters. The van der Waals surface area contributed by atoms with Gasteiger partial charge in [-0.15, -0.1) is 0 Å². The van der Waals surface area contributed by atoms with Gasteiger partial charge in [0.05, 0.1) is 5.69 Å². The van der Waals surface area contributed by atoms with E-state index in [9.17, 15) is 0 Å². The predicted octanol–water partition coefficient (Wildman–Crippen LogP) is 14.2. The zero-order chi connectivity index (χ0) is 34.2. The summed E-state index contributed by atoms with van der Waals surface area (Å²) in [6.45, 7) is 0. The van der Waals surface area contributed by atoms with Crippen molar-refractivity contribution >= 4 is 82.9 Å². The van der Waals surface area contributed by atoms with Crippen LogP contribution >= 0.6 is 0 Å². The number of hydrogen-bond donors (Lipinski definition) is 0. The molecule has 0 bridgehead atoms. The Morgan fingerprint density at radius 3 is 1.50 bits per heavy atom. The zero-order valence-corrected chi connectivity index (χ0v) is 27.9. The number of benzene rings is 8. The first-order chi connectivity index (χ1) is 25.8. The lowest BCUT2D eigenvalue weighted by atomic mass is 9.95. The van der Waals surface area contributed by atoms with E-state index in [1.54, 1.807) is 0 Å². The van der Waals surface area contributed by atoms with Crippen molar-refractivity contribution in [1.82, 2.24) is 0 Å². The molecule has 0 aliphatic carbocycles. The summed E-state index contributed by atoms with van der Waals surface area (Å²) >= 11 is 0. The van der Waals surface area contributed by atoms with Gasteiger partial charge in [-0.2, -0.15) is 0 Å². The number of hydrogen-bond acceptors (Lipinski definition) is 4. The third-order valence-electron chi connectivity index (χ3n) is 10.3. The molecule has 0 radical (unpaired) electrons. The average Bonchev–Trinajstić information content (AvgIpc) is 3.90. The van der Waals surface area contributed by atoms with Gasteiger partial charge in [-0.1, -0.05) is 103 Å². The van der Waals surface area contributed by atoms with Gasteiger partial charge < -0.3 is 18.2 Å². The second-order valence-corrected chi connectivity index (χ2v) is 13.2. The van der Waals surface area contributed by atoms with Gasteiger partial charge in [0.2, 0.25) is 0 Å². The fourth-order valence-electron chi connectivity index (χ4n) is 7.95. The Balaban J connectivity index is 1.04. The van der Waals surface area contributed by atoms with Gasteiger partial charge in [-0.05, 0) is 95.1 Å². The van der Waals surface area contributed by atoms with Crippen LogP contribution in [0.5, 0.6) is 0 Å². The molecule has 0 saturated heterocycles. The Bertz CT molecular complexity index is 3090. The maximum Gasteiger partial charge on any atom is 0.159 e. The van der Waals surface area contributed by atoms with E-state index < -0.39 is 0 Å². The molecule has 0 saturated carbocycles. The maximum atomic E-state index is 6.76. The molecule has 0 aliphatic rings. The molecule has 8 aromatic carbocycles. The van der Waals surface area contributed by atoms with E-state index in [-0.39, 0.29) is 0 Å². The molecule has 4 heteroatoms. The van der Waals surface area contributed by atoms with Crippen LogP contribution in [0, 0.1) is 0 Å². The molecule has 11 aromatic rings. The highest BCUT2D eigenvalue weighted by molar-refractivity contribution is 6.19. The molecule has 52 heavy (non-hydrogen) atoms. The van der Waals surface area contributed by atoms with Gasteiger partial charge >= 0.3 is 0 Å². The van der Waals surface area contributed by atoms with Crippen LogP contribution < -0.4 is 4.90 Å². The van der Waals surface area contributed by atoms with Crippen molar-refractivity contribution in [3.63, 3.8) is 0 Å². The summed E-state index contributed by atoms with van der Waals surface area (Å²) in [5.74, 6) is 0. The van der Waals surface area contributed by atoms with E-state index >= 15 is 0 Å². The summed E-state index contributed by atoms with van der Waals surface area (Å²) in [7, 11) is 0. The third-order valence-corrected chi connectivity index (χ3v) is 10.3. The Morgan fingerprint density at radius 2 is 0.827 bits per heavy atom. The Kier molecular flexibility index (Phi) is 6.22. The normalized spacial score (nSPS) is 11.8. The van der Waals surface area contributed by atoms with Crippen molar-refractivity contribution in [3.8, 4) is 22.3 Å². The molecule has 0 atom stereocenters. The summed E-state index contributed by atoms with van der Waals surface area (Å²) in [4.78, 5) is 2.25. The summed E-state index contributed by atoms with van der Waals surface area (Å²) in [5, 5.41) is 6.57. The minimum atomic E-state index is 0.841. The van der Waals surface area contributed by atoms with Crippen molar-refractivity contribution in [1.29, 1.82) is 0 Å². The van der Waals surface area contributed by atoms with Gasteiger partial charge in [0, 0.05) is 43.7 Å². The van der Waals surface area contributed by atoms with Crippen LogP contribution in [0.2, 0.25) is 0 Å². The van der Waals surface area contributed by atoms with Crippen molar-refractivity contribution in [2.24, 2.45) is 0 Å². The second-order valence-electron chi connectivity index (χ2n) is 13.2. The summed E-state index contributed by atoms with van der Waals surface area (Å²) < 4.78 is 19.6. The van der Waals surface area contributed by atoms with Crippen molar-refractivity contribution in [3.05, 3.63) is 176 Å². The molecule has 3 aromatic heterocycles. The Morgan fingerprint density at radius 1 is 0.327 bits per heavy atom. The highest BCUT2D eigenvalue weighted by Crippen LogP contribution is 2.45. The van der Waals surface area contributed by atoms with Gasteiger partial charge in [0.1, 0.15) is 27.9 Å². The highest BCUT2D eigenvalue weighted by Gasteiger charge is 2.21. The number of para-hydroxylation sites is 4. The lowest BCUT2D eigenvalue weighted by Crippen LogP contribution is -2.09. The molecule has 3 heterocycles. The van der Waals surface area contributed by atoms with Crippen molar-refractivity contribution < 1.29 is 13.3 Å². The topological polar surface area (TPSA) is 42.7 Å². The first-order valence-corrected chi connectivity index (χ1v) is 17.5. The standard InChI is InChI=1S/C48H29NO3/c1-3-12-32(13-4-1)49(33-14-5-2-6-15-33)40-20-9-19-37-34-26-24-30(28-44(34)52-48(37)40)31-25-27-39-45(29-31)51-43-23-11-18-36(47(39)43)35-17-10-22-42-46(35)38-16-7-8-21-41(38)50-42/h1-29H. The first kappa shape index (κ1) is 28.8. The predicted molar refractivity (Wildman–Crippen MR) is 214 cm³/mol. The van der Waals surface area contributed by atoms with Gasteiger partial charge in [0.25, 0.3) is 0 Å². The van der Waals surface area contributed by atoms with Crippen LogP contribution in [0.15, 0.2) is 189 Å². The van der Waals surface area contributed by atoms with Crippen LogP contribution in [0.3, 0.4) is 0 Å². The molecule has 11 rings (SSSR count). The summed E-state index contributed by atoms with van der Waals surface area (Å²) in [6.07, 6.45) is 0. The average molecular weight is 668 g/mol. The summed E-state index contributed by atoms with van der Waals surface area (Å²) in [5.41, 5.74) is 12.7. The molecule has 0 amide bonds. The monoisotopic (exact) mass is 667 g/mol. The van der Waals surface area contributed by atoms with Gasteiger partial charge in [-0.3, -0.25) is 0 Å². The lowest BCUT2D eigenvalue weighted by molar-refractivity contribution is 0.668. The quantitative estimate of drug-likeness (QED) is 0.183. The van der Waals surface area contributed by atoms with Crippen LogP contribution in [0.25, 0.3) is 88.1 Å². The number of fused-ring (bicyclic) bond motifs is 9. The largest absolute Gasteiger partial charge is 0.456 e. The molecule has 0 N–H and O–H groups in total. The van der Waals surface area contributed by atoms with Crippen LogP contribution in [0.4, 0.5) is 17.1 Å².